The molecule has 1 aromatic rings. The van der Waals surface area contributed by atoms with E-state index in [9.17, 15) is 4.79 Å². The number of likely N-dealkylation sites (tertiary alicyclic amines) is 1. The number of pyridine rings is 1. The molecule has 0 aromatic carbocycles. The molecular weight excluding hydrogens is 254 g/mol. The fraction of sp³-hybridized carbons (Fsp3) is 0.600. The summed E-state index contributed by atoms with van der Waals surface area (Å²) in [5.41, 5.74) is 1.19. The molecule has 1 fully saturated rings. The number of ether oxygens (including phenoxy) is 1. The van der Waals surface area contributed by atoms with Gasteiger partial charge in [-0.05, 0) is 18.1 Å². The van der Waals surface area contributed by atoms with Crippen LogP contribution in [0.25, 0.3) is 0 Å². The van der Waals surface area contributed by atoms with E-state index < -0.39 is 0 Å². The van der Waals surface area contributed by atoms with Crippen LogP contribution in [0.1, 0.15) is 18.4 Å². The van der Waals surface area contributed by atoms with Crippen molar-refractivity contribution in [3.63, 3.8) is 0 Å². The van der Waals surface area contributed by atoms with Gasteiger partial charge in [-0.1, -0.05) is 6.07 Å². The molecule has 1 aromatic heterocycles. The van der Waals surface area contributed by atoms with Crippen LogP contribution in [-0.2, 0) is 16.1 Å². The van der Waals surface area contributed by atoms with Crippen LogP contribution in [0.15, 0.2) is 24.5 Å². The molecule has 2 heterocycles. The normalized spacial score (nSPS) is 15.3. The van der Waals surface area contributed by atoms with Gasteiger partial charge < -0.3 is 9.64 Å². The molecule has 0 aliphatic carbocycles. The van der Waals surface area contributed by atoms with Crippen molar-refractivity contribution in [2.45, 2.75) is 19.4 Å². The van der Waals surface area contributed by atoms with Crippen LogP contribution < -0.4 is 0 Å². The van der Waals surface area contributed by atoms with Crippen LogP contribution in [0.4, 0.5) is 0 Å². The van der Waals surface area contributed by atoms with E-state index in [4.69, 9.17) is 4.74 Å². The molecule has 1 amide bonds. The molecular formula is C15H23N3O2. The number of methoxy groups -OCH3 is 1. The fourth-order valence-corrected chi connectivity index (χ4v) is 2.44. The van der Waals surface area contributed by atoms with Crippen LogP contribution in [0.3, 0.4) is 0 Å². The van der Waals surface area contributed by atoms with Crippen LogP contribution in [-0.4, -0.2) is 60.6 Å². The van der Waals surface area contributed by atoms with Crippen molar-refractivity contribution in [2.75, 3.05) is 39.9 Å². The van der Waals surface area contributed by atoms with Crippen LogP contribution in [0.2, 0.25) is 0 Å². The van der Waals surface area contributed by atoms with Gasteiger partial charge in [0.1, 0.15) is 0 Å². The Morgan fingerprint density at radius 1 is 1.45 bits per heavy atom. The Bertz CT molecular complexity index is 411. The minimum atomic E-state index is 0.290. The van der Waals surface area contributed by atoms with E-state index >= 15 is 0 Å². The number of hydrogen-bond acceptors (Lipinski definition) is 4. The van der Waals surface area contributed by atoms with Gasteiger partial charge in [-0.3, -0.25) is 14.7 Å². The van der Waals surface area contributed by atoms with E-state index in [2.05, 4.69) is 16.0 Å². The van der Waals surface area contributed by atoms with Crippen molar-refractivity contribution in [1.82, 2.24) is 14.8 Å². The third-order valence-corrected chi connectivity index (χ3v) is 3.60. The molecule has 110 valence electrons. The SMILES string of the molecule is COCCN(CCN1CCCC1=O)Cc1cccnc1. The van der Waals surface area contributed by atoms with Crippen LogP contribution >= 0.6 is 0 Å². The molecule has 1 saturated heterocycles. The maximum atomic E-state index is 11.6. The van der Waals surface area contributed by atoms with Gasteiger partial charge in [-0.25, -0.2) is 0 Å². The summed E-state index contributed by atoms with van der Waals surface area (Å²) in [6.07, 6.45) is 5.38. The van der Waals surface area contributed by atoms with Gasteiger partial charge in [0.05, 0.1) is 6.61 Å². The number of rotatable bonds is 8. The monoisotopic (exact) mass is 277 g/mol. The highest BCUT2D eigenvalue weighted by Gasteiger charge is 2.20. The van der Waals surface area contributed by atoms with E-state index in [1.165, 1.54) is 5.56 Å². The fourth-order valence-electron chi connectivity index (χ4n) is 2.44. The Morgan fingerprint density at radius 2 is 2.35 bits per heavy atom. The molecule has 0 spiro atoms. The Morgan fingerprint density at radius 3 is 3.00 bits per heavy atom. The lowest BCUT2D eigenvalue weighted by atomic mass is 10.2. The van der Waals surface area contributed by atoms with E-state index in [0.29, 0.717) is 13.0 Å². The highest BCUT2D eigenvalue weighted by molar-refractivity contribution is 5.78. The average molecular weight is 277 g/mol. The van der Waals surface area contributed by atoms with E-state index in [1.807, 2.05) is 17.2 Å². The van der Waals surface area contributed by atoms with Gasteiger partial charge in [0.2, 0.25) is 5.91 Å². The summed E-state index contributed by atoms with van der Waals surface area (Å²) in [6.45, 7) is 5.01. The van der Waals surface area contributed by atoms with Gasteiger partial charge in [-0.2, -0.15) is 0 Å². The lowest BCUT2D eigenvalue weighted by molar-refractivity contribution is -0.127. The highest BCUT2D eigenvalue weighted by Crippen LogP contribution is 2.10. The molecule has 0 unspecified atom stereocenters. The number of hydrogen-bond donors (Lipinski definition) is 0. The number of aromatic nitrogens is 1. The number of carbonyl (C=O) groups excluding carboxylic acids is 1. The first kappa shape index (κ1) is 14.9. The third kappa shape index (κ3) is 4.58. The summed E-state index contributed by atoms with van der Waals surface area (Å²) < 4.78 is 5.17. The molecule has 0 radical (unpaired) electrons. The van der Waals surface area contributed by atoms with Crippen LogP contribution in [0.5, 0.6) is 0 Å². The lowest BCUT2D eigenvalue weighted by Gasteiger charge is -2.25. The van der Waals surface area contributed by atoms with Gasteiger partial charge in [-0.15, -0.1) is 0 Å². The zero-order valence-corrected chi connectivity index (χ0v) is 12.1. The van der Waals surface area contributed by atoms with Gasteiger partial charge in [0.15, 0.2) is 0 Å². The number of amides is 1. The van der Waals surface area contributed by atoms with Crippen molar-refractivity contribution in [2.24, 2.45) is 0 Å². The highest BCUT2D eigenvalue weighted by atomic mass is 16.5. The van der Waals surface area contributed by atoms with Crippen LogP contribution in [0, 0.1) is 0 Å². The number of nitrogens with zero attached hydrogens (tertiary/aromatic N) is 3. The number of carbonyl (C=O) groups is 1. The first-order valence-electron chi connectivity index (χ1n) is 7.17. The first-order valence-corrected chi connectivity index (χ1v) is 7.17. The Balaban J connectivity index is 1.84. The Labute approximate surface area is 120 Å². The molecule has 0 atom stereocenters. The topological polar surface area (TPSA) is 45.7 Å². The molecule has 20 heavy (non-hydrogen) atoms. The summed E-state index contributed by atoms with van der Waals surface area (Å²) in [4.78, 5) is 20.1. The molecule has 0 saturated carbocycles. The lowest BCUT2D eigenvalue weighted by Crippen LogP contribution is -2.37. The smallest absolute Gasteiger partial charge is 0.222 e. The Kier molecular flexibility index (Phi) is 5.95. The summed E-state index contributed by atoms with van der Waals surface area (Å²) in [7, 11) is 1.71. The predicted molar refractivity (Wildman–Crippen MR) is 77.2 cm³/mol. The molecule has 1 aliphatic rings. The average Bonchev–Trinajstić information content (AvgIpc) is 2.88. The second-order valence-electron chi connectivity index (χ2n) is 5.11. The minimum Gasteiger partial charge on any atom is -0.383 e. The Hall–Kier alpha value is -1.46. The largest absolute Gasteiger partial charge is 0.383 e. The molecule has 5 heteroatoms. The van der Waals surface area contributed by atoms with Crippen molar-refractivity contribution >= 4 is 5.91 Å². The zero-order valence-electron chi connectivity index (χ0n) is 12.1. The summed E-state index contributed by atoms with van der Waals surface area (Å²) in [6, 6.07) is 4.03. The van der Waals surface area contributed by atoms with Crippen molar-refractivity contribution in [1.29, 1.82) is 0 Å². The van der Waals surface area contributed by atoms with E-state index in [0.717, 1.165) is 39.1 Å². The maximum Gasteiger partial charge on any atom is 0.222 e. The second kappa shape index (κ2) is 7.97. The van der Waals surface area contributed by atoms with Gasteiger partial charge >= 0.3 is 0 Å². The first-order chi connectivity index (χ1) is 9.79. The van der Waals surface area contributed by atoms with Gasteiger partial charge in [0, 0.05) is 58.6 Å². The summed E-state index contributed by atoms with van der Waals surface area (Å²) in [5.74, 6) is 0.290. The standard InChI is InChI=1S/C15H23N3O2/c1-20-11-10-17(13-14-4-2-6-16-12-14)8-9-18-7-3-5-15(18)19/h2,4,6,12H,3,5,7-11,13H2,1H3. The summed E-state index contributed by atoms with van der Waals surface area (Å²) in [5, 5.41) is 0. The minimum absolute atomic E-state index is 0.290. The third-order valence-electron chi connectivity index (χ3n) is 3.60. The summed E-state index contributed by atoms with van der Waals surface area (Å²) >= 11 is 0. The van der Waals surface area contributed by atoms with E-state index in [1.54, 1.807) is 13.3 Å². The molecule has 1 aliphatic heterocycles. The van der Waals surface area contributed by atoms with Crippen molar-refractivity contribution in [3.8, 4) is 0 Å². The second-order valence-corrected chi connectivity index (χ2v) is 5.11. The quantitative estimate of drug-likeness (QED) is 0.715. The van der Waals surface area contributed by atoms with Crippen molar-refractivity contribution in [3.05, 3.63) is 30.1 Å². The van der Waals surface area contributed by atoms with Crippen molar-refractivity contribution < 1.29 is 9.53 Å². The van der Waals surface area contributed by atoms with E-state index in [-0.39, 0.29) is 5.91 Å². The van der Waals surface area contributed by atoms with Gasteiger partial charge in [0.25, 0.3) is 0 Å². The zero-order chi connectivity index (χ0) is 14.2. The predicted octanol–water partition coefficient (Wildman–Crippen LogP) is 1.15. The molecule has 0 bridgehead atoms. The molecule has 2 rings (SSSR count). The molecule has 5 nitrogen and oxygen atoms in total. The maximum absolute atomic E-state index is 11.6. The molecule has 0 N–H and O–H groups in total.